The normalized spacial score (nSPS) is 12.5. The quantitative estimate of drug-likeness (QED) is 0.823. The molecule has 0 saturated carbocycles. The Morgan fingerprint density at radius 2 is 1.59 bits per heavy atom. The molecule has 4 heteroatoms. The molecule has 0 aliphatic carbocycles. The second kappa shape index (κ2) is 5.10. The van der Waals surface area contributed by atoms with E-state index in [4.69, 9.17) is 0 Å². The highest BCUT2D eigenvalue weighted by Gasteiger charge is 2.19. The number of aliphatic hydroxyl groups is 1. The Kier molecular flexibility index (Phi) is 3.73. The van der Waals surface area contributed by atoms with Crippen LogP contribution in [0.2, 0.25) is 0 Å². The van der Waals surface area contributed by atoms with Crippen molar-refractivity contribution in [2.75, 3.05) is 0 Å². The first-order valence-electron chi connectivity index (χ1n) is 4.97. The van der Waals surface area contributed by atoms with Crippen molar-refractivity contribution >= 4 is 22.6 Å². The summed E-state index contributed by atoms with van der Waals surface area (Å²) in [7, 11) is 0. The van der Waals surface area contributed by atoms with Crippen LogP contribution in [-0.4, -0.2) is 5.11 Å². The van der Waals surface area contributed by atoms with Gasteiger partial charge in [0.1, 0.15) is 17.7 Å². The molecule has 1 nitrogen and oxygen atoms in total. The minimum Gasteiger partial charge on any atom is -0.383 e. The third-order valence-electron chi connectivity index (χ3n) is 2.44. The van der Waals surface area contributed by atoms with Crippen molar-refractivity contribution in [2.45, 2.75) is 6.10 Å². The summed E-state index contributed by atoms with van der Waals surface area (Å²) >= 11 is 2.08. The van der Waals surface area contributed by atoms with Gasteiger partial charge in [0.05, 0.1) is 5.56 Å². The second-order valence-corrected chi connectivity index (χ2v) is 4.84. The molecule has 0 aliphatic rings. The van der Waals surface area contributed by atoms with Gasteiger partial charge in [0.15, 0.2) is 0 Å². The minimum atomic E-state index is -1.29. The van der Waals surface area contributed by atoms with Crippen molar-refractivity contribution < 1.29 is 13.9 Å². The molecular weight excluding hydrogens is 337 g/mol. The highest BCUT2D eigenvalue weighted by molar-refractivity contribution is 14.1. The van der Waals surface area contributed by atoms with Crippen LogP contribution >= 0.6 is 22.6 Å². The number of halogens is 3. The van der Waals surface area contributed by atoms with Gasteiger partial charge < -0.3 is 5.11 Å². The summed E-state index contributed by atoms with van der Waals surface area (Å²) in [6.45, 7) is 0. The standard InChI is InChI=1S/C13H9F2IO/c14-10-5-2-6-11(15)12(10)13(17)8-3-1-4-9(16)7-8/h1-7,13,17H. The fourth-order valence-electron chi connectivity index (χ4n) is 1.62. The molecule has 88 valence electrons. The number of benzene rings is 2. The zero-order valence-electron chi connectivity index (χ0n) is 8.70. The van der Waals surface area contributed by atoms with Crippen molar-refractivity contribution in [1.29, 1.82) is 0 Å². The smallest absolute Gasteiger partial charge is 0.132 e. The summed E-state index contributed by atoms with van der Waals surface area (Å²) in [5.74, 6) is -1.48. The van der Waals surface area contributed by atoms with Crippen LogP contribution in [0.1, 0.15) is 17.2 Å². The molecule has 2 rings (SSSR count). The predicted octanol–water partition coefficient (Wildman–Crippen LogP) is 3.65. The Labute approximate surface area is 111 Å². The maximum atomic E-state index is 13.5. The van der Waals surface area contributed by atoms with Gasteiger partial charge in [-0.2, -0.15) is 0 Å². The Morgan fingerprint density at radius 3 is 2.18 bits per heavy atom. The minimum absolute atomic E-state index is 0.311. The molecule has 0 aromatic heterocycles. The Bertz CT molecular complexity index is 522. The monoisotopic (exact) mass is 346 g/mol. The van der Waals surface area contributed by atoms with E-state index >= 15 is 0 Å². The first-order chi connectivity index (χ1) is 8.09. The molecule has 0 heterocycles. The van der Waals surface area contributed by atoms with E-state index < -0.39 is 17.7 Å². The zero-order valence-corrected chi connectivity index (χ0v) is 10.9. The van der Waals surface area contributed by atoms with E-state index in [0.29, 0.717) is 5.56 Å². The van der Waals surface area contributed by atoms with Crippen LogP contribution in [0.5, 0.6) is 0 Å². The number of rotatable bonds is 2. The van der Waals surface area contributed by atoms with Crippen LogP contribution < -0.4 is 0 Å². The fraction of sp³-hybridized carbons (Fsp3) is 0.0769. The van der Waals surface area contributed by atoms with Crippen molar-refractivity contribution in [3.05, 3.63) is 68.8 Å². The lowest BCUT2D eigenvalue weighted by atomic mass is 10.0. The van der Waals surface area contributed by atoms with Crippen LogP contribution in [-0.2, 0) is 0 Å². The molecule has 0 aliphatic heterocycles. The van der Waals surface area contributed by atoms with E-state index in [1.807, 2.05) is 6.07 Å². The Balaban J connectivity index is 2.47. The summed E-state index contributed by atoms with van der Waals surface area (Å²) < 4.78 is 27.9. The molecule has 2 aromatic rings. The van der Waals surface area contributed by atoms with Crippen LogP contribution in [0.25, 0.3) is 0 Å². The lowest BCUT2D eigenvalue weighted by Crippen LogP contribution is -2.05. The lowest BCUT2D eigenvalue weighted by molar-refractivity contribution is 0.209. The first-order valence-corrected chi connectivity index (χ1v) is 6.05. The molecule has 0 spiro atoms. The number of hydrogen-bond acceptors (Lipinski definition) is 1. The topological polar surface area (TPSA) is 20.2 Å². The number of hydrogen-bond donors (Lipinski definition) is 1. The van der Waals surface area contributed by atoms with Gasteiger partial charge in [-0.3, -0.25) is 0 Å². The molecule has 0 bridgehead atoms. The molecule has 1 unspecified atom stereocenters. The number of aliphatic hydroxyl groups excluding tert-OH is 1. The first kappa shape index (κ1) is 12.4. The van der Waals surface area contributed by atoms with Gasteiger partial charge in [-0.15, -0.1) is 0 Å². The second-order valence-electron chi connectivity index (χ2n) is 3.59. The largest absolute Gasteiger partial charge is 0.383 e. The average molecular weight is 346 g/mol. The van der Waals surface area contributed by atoms with E-state index in [9.17, 15) is 13.9 Å². The van der Waals surface area contributed by atoms with Gasteiger partial charge in [-0.25, -0.2) is 8.78 Å². The van der Waals surface area contributed by atoms with E-state index in [2.05, 4.69) is 22.6 Å². The fourth-order valence-corrected chi connectivity index (χ4v) is 2.18. The van der Waals surface area contributed by atoms with Crippen molar-refractivity contribution in [2.24, 2.45) is 0 Å². The molecule has 1 N–H and O–H groups in total. The van der Waals surface area contributed by atoms with Crippen molar-refractivity contribution in [1.82, 2.24) is 0 Å². The molecule has 1 atom stereocenters. The third kappa shape index (κ3) is 2.63. The van der Waals surface area contributed by atoms with E-state index in [0.717, 1.165) is 15.7 Å². The van der Waals surface area contributed by atoms with Gasteiger partial charge in [0, 0.05) is 3.57 Å². The molecule has 0 radical (unpaired) electrons. The molecule has 2 aromatic carbocycles. The Hall–Kier alpha value is -1.01. The molecule has 0 fully saturated rings. The van der Waals surface area contributed by atoms with Gasteiger partial charge in [0.2, 0.25) is 0 Å². The van der Waals surface area contributed by atoms with E-state index in [1.165, 1.54) is 6.07 Å². The molecule has 0 saturated heterocycles. The van der Waals surface area contributed by atoms with E-state index in [-0.39, 0.29) is 5.56 Å². The summed E-state index contributed by atoms with van der Waals surface area (Å²) in [6.07, 6.45) is -1.29. The molecule has 17 heavy (non-hydrogen) atoms. The highest BCUT2D eigenvalue weighted by Crippen LogP contribution is 2.27. The van der Waals surface area contributed by atoms with Crippen molar-refractivity contribution in [3.63, 3.8) is 0 Å². The van der Waals surface area contributed by atoms with Crippen LogP contribution in [0.15, 0.2) is 42.5 Å². The summed E-state index contributed by atoms with van der Waals surface area (Å²) in [6, 6.07) is 10.4. The zero-order chi connectivity index (χ0) is 12.4. The summed E-state index contributed by atoms with van der Waals surface area (Å²) in [5, 5.41) is 9.99. The third-order valence-corrected chi connectivity index (χ3v) is 3.11. The van der Waals surface area contributed by atoms with Crippen LogP contribution in [0.3, 0.4) is 0 Å². The van der Waals surface area contributed by atoms with Crippen LogP contribution in [0.4, 0.5) is 8.78 Å². The van der Waals surface area contributed by atoms with Gasteiger partial charge in [-0.1, -0.05) is 18.2 Å². The summed E-state index contributed by atoms with van der Waals surface area (Å²) in [4.78, 5) is 0. The lowest BCUT2D eigenvalue weighted by Gasteiger charge is -2.13. The van der Waals surface area contributed by atoms with Crippen LogP contribution in [0, 0.1) is 15.2 Å². The van der Waals surface area contributed by atoms with Gasteiger partial charge >= 0.3 is 0 Å². The predicted molar refractivity (Wildman–Crippen MR) is 69.6 cm³/mol. The SMILES string of the molecule is OC(c1cccc(I)c1)c1c(F)cccc1F. The Morgan fingerprint density at radius 1 is 1.00 bits per heavy atom. The summed E-state index contributed by atoms with van der Waals surface area (Å²) in [5.41, 5.74) is 0.162. The molecule has 0 amide bonds. The average Bonchev–Trinajstić information content (AvgIpc) is 2.28. The maximum absolute atomic E-state index is 13.5. The van der Waals surface area contributed by atoms with Crippen molar-refractivity contribution in [3.8, 4) is 0 Å². The maximum Gasteiger partial charge on any atom is 0.132 e. The molecular formula is C13H9F2IO. The van der Waals surface area contributed by atoms with E-state index in [1.54, 1.807) is 18.2 Å². The van der Waals surface area contributed by atoms with Gasteiger partial charge in [0.25, 0.3) is 0 Å². The highest BCUT2D eigenvalue weighted by atomic mass is 127. The van der Waals surface area contributed by atoms with Gasteiger partial charge in [-0.05, 0) is 52.4 Å².